The van der Waals surface area contributed by atoms with Crippen LogP contribution in [0.15, 0.2) is 6.33 Å². The van der Waals surface area contributed by atoms with Crippen molar-refractivity contribution in [2.75, 3.05) is 0 Å². The number of amides is 1. The van der Waals surface area contributed by atoms with E-state index in [-0.39, 0.29) is 24.0 Å². The number of carbonyl (C=O) groups excluding carboxylic acids is 1. The summed E-state index contributed by atoms with van der Waals surface area (Å²) in [7, 11) is 1.89. The van der Waals surface area contributed by atoms with Gasteiger partial charge >= 0.3 is 0 Å². The summed E-state index contributed by atoms with van der Waals surface area (Å²) in [4.78, 5) is 11.9. The highest BCUT2D eigenvalue weighted by atomic mass is 16.2. The van der Waals surface area contributed by atoms with E-state index in [0.717, 1.165) is 12.2 Å². The minimum atomic E-state index is -0.259. The lowest BCUT2D eigenvalue weighted by molar-refractivity contribution is -0.123. The van der Waals surface area contributed by atoms with Crippen molar-refractivity contribution in [2.45, 2.75) is 52.2 Å². The standard InChI is InChI=1S/C12H23N5O/c1-6-8(2)14-12(18)10(4)15-9(3)11-16-13-7-17(11)5/h7-10,15H,6H2,1-5H3,(H,14,18). The van der Waals surface area contributed by atoms with Crippen molar-refractivity contribution in [1.29, 1.82) is 0 Å². The van der Waals surface area contributed by atoms with E-state index in [1.807, 2.05) is 39.3 Å². The van der Waals surface area contributed by atoms with Crippen molar-refractivity contribution in [3.05, 3.63) is 12.2 Å². The molecule has 0 aromatic carbocycles. The third-order valence-electron chi connectivity index (χ3n) is 3.03. The number of rotatable bonds is 6. The molecule has 1 rings (SSSR count). The van der Waals surface area contributed by atoms with Gasteiger partial charge in [0.25, 0.3) is 0 Å². The largest absolute Gasteiger partial charge is 0.352 e. The molecule has 1 amide bonds. The third-order valence-corrected chi connectivity index (χ3v) is 3.03. The summed E-state index contributed by atoms with van der Waals surface area (Å²) < 4.78 is 1.84. The first-order valence-corrected chi connectivity index (χ1v) is 6.36. The molecule has 102 valence electrons. The fourth-order valence-corrected chi connectivity index (χ4v) is 1.68. The van der Waals surface area contributed by atoms with Gasteiger partial charge in [-0.15, -0.1) is 10.2 Å². The average molecular weight is 253 g/mol. The summed E-state index contributed by atoms with van der Waals surface area (Å²) in [5.41, 5.74) is 0. The van der Waals surface area contributed by atoms with Gasteiger partial charge in [-0.1, -0.05) is 6.92 Å². The summed E-state index contributed by atoms with van der Waals surface area (Å²) >= 11 is 0. The van der Waals surface area contributed by atoms with E-state index in [2.05, 4.69) is 20.8 Å². The second kappa shape index (κ2) is 6.49. The first-order chi connectivity index (χ1) is 8.45. The van der Waals surface area contributed by atoms with Crippen molar-refractivity contribution in [3.63, 3.8) is 0 Å². The second-order valence-electron chi connectivity index (χ2n) is 4.73. The van der Waals surface area contributed by atoms with Crippen LogP contribution >= 0.6 is 0 Å². The molecule has 0 saturated carbocycles. The maximum atomic E-state index is 11.9. The summed E-state index contributed by atoms with van der Waals surface area (Å²) in [5.74, 6) is 0.830. The van der Waals surface area contributed by atoms with Crippen molar-refractivity contribution in [3.8, 4) is 0 Å². The first-order valence-electron chi connectivity index (χ1n) is 6.36. The normalized spacial score (nSPS) is 16.1. The molecule has 0 aliphatic carbocycles. The van der Waals surface area contributed by atoms with Crippen molar-refractivity contribution >= 4 is 5.91 Å². The number of hydrogen-bond donors (Lipinski definition) is 2. The van der Waals surface area contributed by atoms with E-state index < -0.39 is 0 Å². The minimum Gasteiger partial charge on any atom is -0.352 e. The van der Waals surface area contributed by atoms with Gasteiger partial charge in [-0.05, 0) is 27.2 Å². The van der Waals surface area contributed by atoms with Gasteiger partial charge in [0.2, 0.25) is 5.91 Å². The Balaban J connectivity index is 2.52. The molecule has 6 heteroatoms. The van der Waals surface area contributed by atoms with Crippen LogP contribution < -0.4 is 10.6 Å². The zero-order chi connectivity index (χ0) is 13.7. The van der Waals surface area contributed by atoms with Crippen LogP contribution in [-0.4, -0.2) is 32.8 Å². The van der Waals surface area contributed by atoms with Crippen LogP contribution in [0.25, 0.3) is 0 Å². The van der Waals surface area contributed by atoms with Gasteiger partial charge in [-0.25, -0.2) is 0 Å². The molecule has 1 heterocycles. The molecule has 0 aliphatic rings. The number of aromatic nitrogens is 3. The van der Waals surface area contributed by atoms with Crippen molar-refractivity contribution in [2.24, 2.45) is 7.05 Å². The first kappa shape index (κ1) is 14.6. The Hall–Kier alpha value is -1.43. The molecule has 2 N–H and O–H groups in total. The molecule has 3 unspecified atom stereocenters. The molecule has 0 spiro atoms. The average Bonchev–Trinajstić information content (AvgIpc) is 2.75. The van der Waals surface area contributed by atoms with E-state index in [1.165, 1.54) is 0 Å². The lowest BCUT2D eigenvalue weighted by Gasteiger charge is -2.20. The summed E-state index contributed by atoms with van der Waals surface area (Å²) in [6.07, 6.45) is 2.58. The van der Waals surface area contributed by atoms with Crippen molar-refractivity contribution in [1.82, 2.24) is 25.4 Å². The van der Waals surface area contributed by atoms with E-state index in [1.54, 1.807) is 6.33 Å². The van der Waals surface area contributed by atoms with Gasteiger partial charge in [-0.3, -0.25) is 10.1 Å². The Bertz CT molecular complexity index is 390. The Labute approximate surface area is 108 Å². The van der Waals surface area contributed by atoms with Gasteiger partial charge in [0.1, 0.15) is 12.2 Å². The zero-order valence-electron chi connectivity index (χ0n) is 11.8. The predicted molar refractivity (Wildman–Crippen MR) is 69.9 cm³/mol. The van der Waals surface area contributed by atoms with Crippen LogP contribution in [0.1, 0.15) is 46.0 Å². The number of nitrogens with one attached hydrogen (secondary N) is 2. The Morgan fingerprint density at radius 1 is 1.44 bits per heavy atom. The molecular formula is C12H23N5O. The molecule has 0 saturated heterocycles. The highest BCUT2D eigenvalue weighted by Gasteiger charge is 2.19. The van der Waals surface area contributed by atoms with Gasteiger partial charge in [0, 0.05) is 13.1 Å². The molecule has 0 fully saturated rings. The monoisotopic (exact) mass is 253 g/mol. The van der Waals surface area contributed by atoms with Gasteiger partial charge < -0.3 is 9.88 Å². The molecule has 0 bridgehead atoms. The van der Waals surface area contributed by atoms with Crippen molar-refractivity contribution < 1.29 is 4.79 Å². The molecule has 1 aromatic heterocycles. The topological polar surface area (TPSA) is 71.8 Å². The summed E-state index contributed by atoms with van der Waals surface area (Å²) in [6, 6.07) is -0.0761. The lowest BCUT2D eigenvalue weighted by atomic mass is 10.2. The highest BCUT2D eigenvalue weighted by Crippen LogP contribution is 2.08. The van der Waals surface area contributed by atoms with Gasteiger partial charge in [0.15, 0.2) is 0 Å². The van der Waals surface area contributed by atoms with Gasteiger partial charge in [-0.2, -0.15) is 0 Å². The Morgan fingerprint density at radius 2 is 2.11 bits per heavy atom. The summed E-state index contributed by atoms with van der Waals surface area (Å²) in [5, 5.41) is 14.0. The Kier molecular flexibility index (Phi) is 5.27. The smallest absolute Gasteiger partial charge is 0.237 e. The van der Waals surface area contributed by atoms with E-state index >= 15 is 0 Å². The maximum absolute atomic E-state index is 11.9. The molecule has 0 aliphatic heterocycles. The molecule has 0 radical (unpaired) electrons. The fraction of sp³-hybridized carbons (Fsp3) is 0.750. The molecule has 1 aromatic rings. The summed E-state index contributed by atoms with van der Waals surface area (Å²) in [6.45, 7) is 7.86. The Morgan fingerprint density at radius 3 is 2.61 bits per heavy atom. The molecular weight excluding hydrogens is 230 g/mol. The SMILES string of the molecule is CCC(C)NC(=O)C(C)NC(C)c1nncn1C. The highest BCUT2D eigenvalue weighted by molar-refractivity contribution is 5.81. The van der Waals surface area contributed by atoms with E-state index in [0.29, 0.717) is 0 Å². The number of aryl methyl sites for hydroxylation is 1. The third kappa shape index (κ3) is 3.80. The van der Waals surface area contributed by atoms with Crippen LogP contribution in [-0.2, 0) is 11.8 Å². The molecule has 6 nitrogen and oxygen atoms in total. The fourth-order valence-electron chi connectivity index (χ4n) is 1.68. The second-order valence-corrected chi connectivity index (χ2v) is 4.73. The van der Waals surface area contributed by atoms with Crippen LogP contribution in [0.2, 0.25) is 0 Å². The van der Waals surface area contributed by atoms with E-state index in [9.17, 15) is 4.79 Å². The maximum Gasteiger partial charge on any atom is 0.237 e. The predicted octanol–water partition coefficient (Wildman–Crippen LogP) is 0.769. The van der Waals surface area contributed by atoms with Crippen LogP contribution in [0.3, 0.4) is 0 Å². The van der Waals surface area contributed by atoms with Crippen LogP contribution in [0, 0.1) is 0 Å². The van der Waals surface area contributed by atoms with E-state index in [4.69, 9.17) is 0 Å². The number of carbonyl (C=O) groups is 1. The molecule has 18 heavy (non-hydrogen) atoms. The zero-order valence-corrected chi connectivity index (χ0v) is 11.8. The quantitative estimate of drug-likeness (QED) is 0.785. The van der Waals surface area contributed by atoms with Crippen LogP contribution in [0.5, 0.6) is 0 Å². The van der Waals surface area contributed by atoms with Crippen LogP contribution in [0.4, 0.5) is 0 Å². The number of hydrogen-bond acceptors (Lipinski definition) is 4. The van der Waals surface area contributed by atoms with Gasteiger partial charge in [0.05, 0.1) is 12.1 Å². The lowest BCUT2D eigenvalue weighted by Crippen LogP contribution is -2.46. The minimum absolute atomic E-state index is 0.0124. The number of nitrogens with zero attached hydrogens (tertiary/aromatic N) is 3. The molecule has 3 atom stereocenters.